The normalized spacial score (nSPS) is 41.3. The van der Waals surface area contributed by atoms with Gasteiger partial charge in [0, 0.05) is 14.0 Å². The fraction of sp³-hybridized carbons (Fsp3) is 0.900. The van der Waals surface area contributed by atoms with Crippen LogP contribution < -0.4 is 11.1 Å². The molecular weight excluding hydrogens is 196 g/mol. The van der Waals surface area contributed by atoms with E-state index in [2.05, 4.69) is 5.32 Å². The summed E-state index contributed by atoms with van der Waals surface area (Å²) in [7, 11) is 1.60. The molecule has 1 aliphatic rings. The number of hydrogen-bond donors (Lipinski definition) is 2. The third-order valence-electron chi connectivity index (χ3n) is 2.85. The van der Waals surface area contributed by atoms with Gasteiger partial charge in [0.1, 0.15) is 0 Å². The van der Waals surface area contributed by atoms with E-state index in [0.717, 1.165) is 0 Å². The Morgan fingerprint density at radius 2 is 2.00 bits per heavy atom. The molecule has 0 bridgehead atoms. The van der Waals surface area contributed by atoms with Crippen LogP contribution in [0, 0.1) is 0 Å². The van der Waals surface area contributed by atoms with Gasteiger partial charge < -0.3 is 20.5 Å². The second kappa shape index (κ2) is 4.92. The Morgan fingerprint density at radius 1 is 1.40 bits per heavy atom. The largest absolute Gasteiger partial charge is 0.377 e. The van der Waals surface area contributed by atoms with Crippen LogP contribution in [0.25, 0.3) is 0 Å². The lowest BCUT2D eigenvalue weighted by molar-refractivity contribution is -0.140. The average molecular weight is 216 g/mol. The van der Waals surface area contributed by atoms with Gasteiger partial charge in [0.2, 0.25) is 5.91 Å². The van der Waals surface area contributed by atoms with Crippen molar-refractivity contribution in [1.82, 2.24) is 5.32 Å². The zero-order valence-corrected chi connectivity index (χ0v) is 9.69. The van der Waals surface area contributed by atoms with Crippen LogP contribution in [-0.4, -0.2) is 43.4 Å². The van der Waals surface area contributed by atoms with E-state index in [-0.39, 0.29) is 36.3 Å². The monoisotopic (exact) mass is 216 g/mol. The second-order valence-corrected chi connectivity index (χ2v) is 4.05. The summed E-state index contributed by atoms with van der Waals surface area (Å²) in [4.78, 5) is 11.0. The van der Waals surface area contributed by atoms with E-state index in [0.29, 0.717) is 0 Å². The SMILES string of the molecule is CO[C@@H]1C(NC(C)=O)C(C)OC(C)[C@@H]1N. The van der Waals surface area contributed by atoms with E-state index >= 15 is 0 Å². The third-order valence-corrected chi connectivity index (χ3v) is 2.85. The Kier molecular flexibility index (Phi) is 4.07. The third kappa shape index (κ3) is 2.68. The van der Waals surface area contributed by atoms with Crippen LogP contribution in [0.15, 0.2) is 0 Å². The summed E-state index contributed by atoms with van der Waals surface area (Å²) in [5.41, 5.74) is 5.96. The Hall–Kier alpha value is -0.650. The molecule has 0 spiro atoms. The maximum absolute atomic E-state index is 11.0. The molecule has 3 unspecified atom stereocenters. The van der Waals surface area contributed by atoms with Crippen LogP contribution in [0.4, 0.5) is 0 Å². The molecule has 0 radical (unpaired) electrons. The van der Waals surface area contributed by atoms with E-state index in [4.69, 9.17) is 15.2 Å². The summed E-state index contributed by atoms with van der Waals surface area (Å²) in [5.74, 6) is -0.0979. The molecule has 1 saturated heterocycles. The van der Waals surface area contributed by atoms with E-state index in [1.54, 1.807) is 7.11 Å². The highest BCUT2D eigenvalue weighted by molar-refractivity contribution is 5.73. The van der Waals surface area contributed by atoms with Gasteiger partial charge in [0.05, 0.1) is 30.4 Å². The molecule has 1 rings (SSSR count). The van der Waals surface area contributed by atoms with Crippen LogP contribution in [0.2, 0.25) is 0 Å². The number of ether oxygens (including phenoxy) is 2. The standard InChI is InChI=1S/C10H20N2O3/c1-5-8(11)10(14-4)9(6(2)15-5)12-7(3)13/h5-6,8-10H,11H2,1-4H3,(H,12,13)/t5?,6?,8-,9?,10-/m0/s1. The first-order chi connectivity index (χ1) is 6.97. The molecule has 0 aliphatic carbocycles. The van der Waals surface area contributed by atoms with Gasteiger partial charge in [0.15, 0.2) is 0 Å². The van der Waals surface area contributed by atoms with Crippen LogP contribution in [0.5, 0.6) is 0 Å². The number of methoxy groups -OCH3 is 1. The number of carbonyl (C=O) groups is 1. The van der Waals surface area contributed by atoms with Crippen molar-refractivity contribution in [3.05, 3.63) is 0 Å². The Balaban J connectivity index is 2.76. The second-order valence-electron chi connectivity index (χ2n) is 4.05. The molecule has 0 saturated carbocycles. The van der Waals surface area contributed by atoms with Crippen molar-refractivity contribution >= 4 is 5.91 Å². The molecule has 3 N–H and O–H groups in total. The number of carbonyl (C=O) groups excluding carboxylic acids is 1. The van der Waals surface area contributed by atoms with Crippen molar-refractivity contribution in [3.8, 4) is 0 Å². The predicted molar refractivity (Wildman–Crippen MR) is 56.4 cm³/mol. The van der Waals surface area contributed by atoms with Gasteiger partial charge in [-0.2, -0.15) is 0 Å². The first-order valence-electron chi connectivity index (χ1n) is 5.18. The van der Waals surface area contributed by atoms with Crippen LogP contribution in [0.1, 0.15) is 20.8 Å². The summed E-state index contributed by atoms with van der Waals surface area (Å²) >= 11 is 0. The fourth-order valence-electron chi connectivity index (χ4n) is 2.03. The summed E-state index contributed by atoms with van der Waals surface area (Å²) in [6, 6.07) is -0.401. The van der Waals surface area contributed by atoms with Crippen molar-refractivity contribution in [2.24, 2.45) is 5.73 Å². The summed E-state index contributed by atoms with van der Waals surface area (Å²) < 4.78 is 11.0. The Labute approximate surface area is 90.3 Å². The van der Waals surface area contributed by atoms with Gasteiger partial charge in [-0.15, -0.1) is 0 Å². The minimum Gasteiger partial charge on any atom is -0.377 e. The van der Waals surface area contributed by atoms with Gasteiger partial charge in [-0.3, -0.25) is 4.79 Å². The highest BCUT2D eigenvalue weighted by Gasteiger charge is 2.41. The molecule has 5 heteroatoms. The number of nitrogens with two attached hydrogens (primary N) is 1. The average Bonchev–Trinajstić information content (AvgIpc) is 2.14. The summed E-state index contributed by atoms with van der Waals surface area (Å²) in [6.07, 6.45) is -0.351. The fourth-order valence-corrected chi connectivity index (χ4v) is 2.03. The molecule has 0 aromatic heterocycles. The minimum atomic E-state index is -0.219. The topological polar surface area (TPSA) is 73.6 Å². The molecule has 0 aromatic rings. The zero-order chi connectivity index (χ0) is 11.6. The lowest BCUT2D eigenvalue weighted by atomic mass is 9.92. The first-order valence-corrected chi connectivity index (χ1v) is 5.18. The lowest BCUT2D eigenvalue weighted by Crippen LogP contribution is -2.65. The Bertz CT molecular complexity index is 235. The quantitative estimate of drug-likeness (QED) is 0.661. The maximum Gasteiger partial charge on any atom is 0.217 e. The van der Waals surface area contributed by atoms with Crippen LogP contribution in [0.3, 0.4) is 0 Å². The molecule has 1 amide bonds. The molecule has 1 heterocycles. The van der Waals surface area contributed by atoms with Crippen molar-refractivity contribution in [2.45, 2.75) is 51.2 Å². The van der Waals surface area contributed by atoms with Crippen LogP contribution >= 0.6 is 0 Å². The van der Waals surface area contributed by atoms with Gasteiger partial charge in [-0.25, -0.2) is 0 Å². The molecule has 15 heavy (non-hydrogen) atoms. The van der Waals surface area contributed by atoms with Crippen molar-refractivity contribution in [2.75, 3.05) is 7.11 Å². The zero-order valence-electron chi connectivity index (χ0n) is 9.69. The van der Waals surface area contributed by atoms with Gasteiger partial charge in [0.25, 0.3) is 0 Å². The van der Waals surface area contributed by atoms with E-state index in [1.165, 1.54) is 6.92 Å². The van der Waals surface area contributed by atoms with E-state index in [1.807, 2.05) is 13.8 Å². The Morgan fingerprint density at radius 3 is 2.47 bits per heavy atom. The highest BCUT2D eigenvalue weighted by Crippen LogP contribution is 2.21. The number of rotatable bonds is 2. The minimum absolute atomic E-state index is 0.0602. The first kappa shape index (κ1) is 12.4. The van der Waals surface area contributed by atoms with Gasteiger partial charge in [-0.1, -0.05) is 0 Å². The number of amides is 1. The van der Waals surface area contributed by atoms with E-state index in [9.17, 15) is 4.79 Å². The van der Waals surface area contributed by atoms with Crippen LogP contribution in [-0.2, 0) is 14.3 Å². The van der Waals surface area contributed by atoms with Crippen molar-refractivity contribution < 1.29 is 14.3 Å². The molecule has 0 aromatic carbocycles. The molecule has 5 atom stereocenters. The smallest absolute Gasteiger partial charge is 0.217 e. The molecule has 1 fully saturated rings. The lowest BCUT2D eigenvalue weighted by Gasteiger charge is -2.43. The van der Waals surface area contributed by atoms with E-state index < -0.39 is 0 Å². The molecule has 1 aliphatic heterocycles. The summed E-state index contributed by atoms with van der Waals surface area (Å²) in [6.45, 7) is 5.30. The highest BCUT2D eigenvalue weighted by atomic mass is 16.5. The number of nitrogens with one attached hydrogen (secondary N) is 1. The molecule has 88 valence electrons. The van der Waals surface area contributed by atoms with Gasteiger partial charge in [-0.05, 0) is 13.8 Å². The molecular formula is C10H20N2O3. The maximum atomic E-state index is 11.0. The summed E-state index contributed by atoms with van der Waals surface area (Å²) in [5, 5.41) is 2.81. The van der Waals surface area contributed by atoms with Gasteiger partial charge >= 0.3 is 0 Å². The van der Waals surface area contributed by atoms with Crippen molar-refractivity contribution in [1.29, 1.82) is 0 Å². The number of hydrogen-bond acceptors (Lipinski definition) is 4. The van der Waals surface area contributed by atoms with Crippen molar-refractivity contribution in [3.63, 3.8) is 0 Å². The molecule has 5 nitrogen and oxygen atoms in total. The predicted octanol–water partition coefficient (Wildman–Crippen LogP) is -0.359.